The van der Waals surface area contributed by atoms with Crippen LogP contribution >= 0.6 is 22.6 Å². The Hall–Kier alpha value is -0.453. The largest absolute Gasteiger partial charge is 0.356 e. The van der Waals surface area contributed by atoms with Gasteiger partial charge in [-0.25, -0.2) is 0 Å². The third-order valence-electron chi connectivity index (χ3n) is 7.55. The zero-order chi connectivity index (χ0) is 22.2. The lowest BCUT2D eigenvalue weighted by atomic mass is 9.58. The fourth-order valence-electron chi connectivity index (χ4n) is 5.45. The fourth-order valence-corrected chi connectivity index (χ4v) is 6.92. The second kappa shape index (κ2) is 9.42. The van der Waals surface area contributed by atoms with Gasteiger partial charge in [0.25, 0.3) is 0 Å². The highest BCUT2D eigenvalue weighted by molar-refractivity contribution is 14.1. The number of nitrogens with zero attached hydrogens (tertiary/aromatic N) is 3. The maximum Gasteiger partial charge on any atom is 0.219 e. The third-order valence-corrected chi connectivity index (χ3v) is 10.1. The Kier molecular flexibility index (Phi) is 7.20. The number of hydrogen-bond donors (Lipinski definition) is 0. The summed E-state index contributed by atoms with van der Waals surface area (Å²) in [7, 11) is -1.02. The predicted molar refractivity (Wildman–Crippen MR) is 133 cm³/mol. The standard InChI is InChI=1S/C23H38IN3O3Si/c1-17(28)26-10-7-21-20(15-26)22(24)25-27(21)18-5-8-23(9-6-18)13-19(14-23)30-16-29-11-12-31(2,3)4/h18-19H,5-16H2,1-4H3. The van der Waals surface area contributed by atoms with Crippen molar-refractivity contribution in [1.82, 2.24) is 14.7 Å². The van der Waals surface area contributed by atoms with Crippen LogP contribution in [0.2, 0.25) is 25.7 Å². The van der Waals surface area contributed by atoms with Crippen LogP contribution in [0.3, 0.4) is 0 Å². The smallest absolute Gasteiger partial charge is 0.219 e. The molecule has 0 bridgehead atoms. The highest BCUT2D eigenvalue weighted by Crippen LogP contribution is 2.54. The molecule has 1 aromatic heterocycles. The number of halogens is 1. The molecule has 0 saturated heterocycles. The Labute approximate surface area is 201 Å². The lowest BCUT2D eigenvalue weighted by Gasteiger charge is -2.51. The topological polar surface area (TPSA) is 56.6 Å². The number of amides is 1. The van der Waals surface area contributed by atoms with Gasteiger partial charge in [-0.2, -0.15) is 5.10 Å². The molecular weight excluding hydrogens is 521 g/mol. The van der Waals surface area contributed by atoms with Crippen molar-refractivity contribution in [3.05, 3.63) is 15.0 Å². The maximum absolute atomic E-state index is 11.8. The average molecular weight is 560 g/mol. The zero-order valence-electron chi connectivity index (χ0n) is 19.6. The van der Waals surface area contributed by atoms with Crippen molar-refractivity contribution in [2.45, 2.75) is 96.2 Å². The summed E-state index contributed by atoms with van der Waals surface area (Å²) < 4.78 is 15.1. The minimum atomic E-state index is -1.02. The molecule has 3 aliphatic rings. The summed E-state index contributed by atoms with van der Waals surface area (Å²) in [6.07, 6.45) is 8.68. The van der Waals surface area contributed by atoms with E-state index in [-0.39, 0.29) is 5.91 Å². The summed E-state index contributed by atoms with van der Waals surface area (Å²) in [5.41, 5.74) is 3.13. The minimum absolute atomic E-state index is 0.164. The van der Waals surface area contributed by atoms with Crippen LogP contribution in [-0.2, 0) is 27.2 Å². The summed E-state index contributed by atoms with van der Waals surface area (Å²) in [5, 5.41) is 4.92. The Morgan fingerprint density at radius 1 is 1.26 bits per heavy atom. The highest BCUT2D eigenvalue weighted by Gasteiger charge is 2.47. The second-order valence-electron chi connectivity index (χ2n) is 11.1. The first-order valence-electron chi connectivity index (χ1n) is 11.9. The molecule has 4 rings (SSSR count). The van der Waals surface area contributed by atoms with Crippen molar-refractivity contribution in [2.75, 3.05) is 19.9 Å². The molecule has 1 aliphatic heterocycles. The van der Waals surface area contributed by atoms with Crippen LogP contribution < -0.4 is 0 Å². The average Bonchev–Trinajstić information content (AvgIpc) is 3.02. The van der Waals surface area contributed by atoms with E-state index in [0.29, 0.717) is 24.4 Å². The van der Waals surface area contributed by atoms with E-state index >= 15 is 0 Å². The van der Waals surface area contributed by atoms with Crippen LogP contribution in [-0.4, -0.2) is 54.7 Å². The molecule has 2 saturated carbocycles. The first-order valence-corrected chi connectivity index (χ1v) is 16.7. The van der Waals surface area contributed by atoms with Crippen LogP contribution in [0.25, 0.3) is 0 Å². The van der Waals surface area contributed by atoms with Gasteiger partial charge in [-0.3, -0.25) is 9.48 Å². The van der Waals surface area contributed by atoms with Gasteiger partial charge in [0.1, 0.15) is 10.5 Å². The number of carbonyl (C=O) groups is 1. The molecule has 1 amide bonds. The molecule has 2 fully saturated rings. The quantitative estimate of drug-likeness (QED) is 0.205. The number of ether oxygens (including phenoxy) is 2. The van der Waals surface area contributed by atoms with Crippen molar-refractivity contribution in [3.63, 3.8) is 0 Å². The van der Waals surface area contributed by atoms with Gasteiger partial charge in [0.15, 0.2) is 0 Å². The summed E-state index contributed by atoms with van der Waals surface area (Å²) in [4.78, 5) is 13.7. The van der Waals surface area contributed by atoms with E-state index in [9.17, 15) is 4.79 Å². The summed E-state index contributed by atoms with van der Waals surface area (Å²) in [6.45, 7) is 11.6. The maximum atomic E-state index is 11.8. The van der Waals surface area contributed by atoms with Gasteiger partial charge in [-0.05, 0) is 72.6 Å². The summed E-state index contributed by atoms with van der Waals surface area (Å²) in [6, 6.07) is 1.71. The molecular formula is C23H38IN3O3Si. The molecule has 1 spiro atoms. The molecule has 0 unspecified atom stereocenters. The van der Waals surface area contributed by atoms with Crippen molar-refractivity contribution >= 4 is 36.6 Å². The van der Waals surface area contributed by atoms with E-state index < -0.39 is 8.07 Å². The zero-order valence-corrected chi connectivity index (χ0v) is 22.7. The van der Waals surface area contributed by atoms with Gasteiger partial charge < -0.3 is 14.4 Å². The fraction of sp³-hybridized carbons (Fsp3) is 0.826. The summed E-state index contributed by atoms with van der Waals surface area (Å²) in [5.74, 6) is 0.164. The molecule has 2 heterocycles. The predicted octanol–water partition coefficient (Wildman–Crippen LogP) is 4.99. The van der Waals surface area contributed by atoms with E-state index in [1.807, 2.05) is 4.90 Å². The SMILES string of the molecule is CC(=O)N1CCc2c(c(I)nn2C2CCC3(CC2)CC(OCOCC[Si](C)(C)C)C3)C1. The van der Waals surface area contributed by atoms with Crippen LogP contribution in [0.4, 0.5) is 0 Å². The van der Waals surface area contributed by atoms with Gasteiger partial charge in [-0.1, -0.05) is 19.6 Å². The Morgan fingerprint density at radius 3 is 2.61 bits per heavy atom. The van der Waals surface area contributed by atoms with E-state index in [4.69, 9.17) is 14.6 Å². The minimum Gasteiger partial charge on any atom is -0.356 e. The Bertz CT molecular complexity index is 791. The van der Waals surface area contributed by atoms with Crippen molar-refractivity contribution in [3.8, 4) is 0 Å². The Morgan fingerprint density at radius 2 is 1.97 bits per heavy atom. The number of fused-ring (bicyclic) bond motifs is 1. The van der Waals surface area contributed by atoms with Crippen molar-refractivity contribution < 1.29 is 14.3 Å². The molecule has 0 N–H and O–H groups in total. The molecule has 0 radical (unpaired) electrons. The van der Waals surface area contributed by atoms with E-state index in [1.54, 1.807) is 6.92 Å². The van der Waals surface area contributed by atoms with Crippen molar-refractivity contribution in [1.29, 1.82) is 0 Å². The first-order chi connectivity index (χ1) is 14.7. The van der Waals surface area contributed by atoms with Crippen LogP contribution in [0.5, 0.6) is 0 Å². The number of hydrogen-bond acceptors (Lipinski definition) is 4. The molecule has 0 atom stereocenters. The van der Waals surface area contributed by atoms with Crippen LogP contribution in [0.15, 0.2) is 0 Å². The lowest BCUT2D eigenvalue weighted by Crippen LogP contribution is -2.45. The first kappa shape index (κ1) is 23.7. The Balaban J connectivity index is 1.23. The molecule has 174 valence electrons. The number of rotatable bonds is 7. The molecule has 6 nitrogen and oxygen atoms in total. The van der Waals surface area contributed by atoms with Crippen molar-refractivity contribution in [2.24, 2.45) is 5.41 Å². The lowest BCUT2D eigenvalue weighted by molar-refractivity contribution is -0.157. The second-order valence-corrected chi connectivity index (χ2v) is 17.8. The van der Waals surface area contributed by atoms with E-state index in [2.05, 4.69) is 46.9 Å². The van der Waals surface area contributed by atoms with Gasteiger partial charge in [0.05, 0.1) is 18.7 Å². The third kappa shape index (κ3) is 5.55. The normalized spacial score (nSPS) is 28.5. The molecule has 2 aliphatic carbocycles. The van der Waals surface area contributed by atoms with E-state index in [0.717, 1.165) is 29.8 Å². The summed E-state index contributed by atoms with van der Waals surface area (Å²) >= 11 is 2.35. The monoisotopic (exact) mass is 559 g/mol. The molecule has 0 aromatic carbocycles. The number of carbonyl (C=O) groups excluding carboxylic acids is 1. The molecule has 8 heteroatoms. The molecule has 1 aromatic rings. The van der Waals surface area contributed by atoms with Gasteiger partial charge in [-0.15, -0.1) is 0 Å². The highest BCUT2D eigenvalue weighted by atomic mass is 127. The molecule has 31 heavy (non-hydrogen) atoms. The van der Waals surface area contributed by atoms with Gasteiger partial charge in [0.2, 0.25) is 5.91 Å². The van der Waals surface area contributed by atoms with Crippen LogP contribution in [0.1, 0.15) is 62.7 Å². The number of aromatic nitrogens is 2. The van der Waals surface area contributed by atoms with E-state index in [1.165, 1.54) is 55.8 Å². The van der Waals surface area contributed by atoms with Gasteiger partial charge in [0, 0.05) is 45.8 Å². The van der Waals surface area contributed by atoms with Crippen LogP contribution in [0, 0.1) is 9.12 Å². The van der Waals surface area contributed by atoms with Gasteiger partial charge >= 0.3 is 0 Å².